The van der Waals surface area contributed by atoms with Crippen LogP contribution in [0.15, 0.2) is 23.1 Å². The number of rotatable bonds is 3. The maximum atomic E-state index is 13.7. The molecule has 1 aliphatic heterocycles. The zero-order valence-electron chi connectivity index (χ0n) is 10.2. The summed E-state index contributed by atoms with van der Waals surface area (Å²) in [6.07, 6.45) is 1.70. The van der Waals surface area contributed by atoms with E-state index in [9.17, 15) is 12.8 Å². The Labute approximate surface area is 107 Å². The van der Waals surface area contributed by atoms with E-state index in [1.807, 2.05) is 0 Å². The molecule has 6 heteroatoms. The lowest BCUT2D eigenvalue weighted by Gasteiger charge is -2.23. The zero-order valence-corrected chi connectivity index (χ0v) is 11.1. The molecule has 1 aromatic rings. The van der Waals surface area contributed by atoms with Crippen LogP contribution < -0.4 is 10.0 Å². The van der Waals surface area contributed by atoms with Crippen LogP contribution in [0, 0.1) is 12.7 Å². The number of benzene rings is 1. The number of hydrogen-bond donors (Lipinski definition) is 2. The molecule has 2 rings (SSSR count). The van der Waals surface area contributed by atoms with Gasteiger partial charge in [-0.1, -0.05) is 6.07 Å². The van der Waals surface area contributed by atoms with Crippen molar-refractivity contribution in [2.24, 2.45) is 0 Å². The second kappa shape index (κ2) is 5.34. The van der Waals surface area contributed by atoms with Gasteiger partial charge in [-0.25, -0.2) is 17.5 Å². The van der Waals surface area contributed by atoms with Crippen LogP contribution in [-0.2, 0) is 10.0 Å². The Morgan fingerprint density at radius 1 is 1.44 bits per heavy atom. The summed E-state index contributed by atoms with van der Waals surface area (Å²) in [4.78, 5) is -0.279. The highest BCUT2D eigenvalue weighted by molar-refractivity contribution is 7.89. The quantitative estimate of drug-likeness (QED) is 0.868. The van der Waals surface area contributed by atoms with Crippen LogP contribution >= 0.6 is 0 Å². The van der Waals surface area contributed by atoms with E-state index in [1.54, 1.807) is 13.0 Å². The topological polar surface area (TPSA) is 58.2 Å². The van der Waals surface area contributed by atoms with Crippen LogP contribution in [-0.4, -0.2) is 27.5 Å². The molecule has 0 spiro atoms. The maximum absolute atomic E-state index is 13.7. The fraction of sp³-hybridized carbons (Fsp3) is 0.500. The van der Waals surface area contributed by atoms with Gasteiger partial charge in [0.25, 0.3) is 0 Å². The lowest BCUT2D eigenvalue weighted by molar-refractivity contribution is 0.427. The Balaban J connectivity index is 2.19. The molecule has 0 aromatic heterocycles. The molecule has 2 N–H and O–H groups in total. The van der Waals surface area contributed by atoms with Gasteiger partial charge in [-0.3, -0.25) is 0 Å². The van der Waals surface area contributed by atoms with E-state index >= 15 is 0 Å². The third-order valence-electron chi connectivity index (χ3n) is 3.00. The highest BCUT2D eigenvalue weighted by Gasteiger charge is 2.24. The molecule has 0 radical (unpaired) electrons. The first-order chi connectivity index (χ1) is 8.49. The van der Waals surface area contributed by atoms with E-state index in [0.29, 0.717) is 12.1 Å². The maximum Gasteiger partial charge on any atom is 0.243 e. The molecule has 1 atom stereocenters. The summed E-state index contributed by atoms with van der Waals surface area (Å²) in [5.41, 5.74) is 0.700. The predicted octanol–water partition coefficient (Wildman–Crippen LogP) is 1.16. The highest BCUT2D eigenvalue weighted by Crippen LogP contribution is 2.16. The Morgan fingerprint density at radius 3 is 2.83 bits per heavy atom. The van der Waals surface area contributed by atoms with E-state index in [2.05, 4.69) is 10.0 Å². The van der Waals surface area contributed by atoms with Crippen LogP contribution in [0.25, 0.3) is 0 Å². The SMILES string of the molecule is Cc1ccc(S(=O)(=O)N[C@@H]2CCCNC2)c(F)c1. The van der Waals surface area contributed by atoms with Gasteiger partial charge in [-0.2, -0.15) is 0 Å². The van der Waals surface area contributed by atoms with Crippen molar-refractivity contribution in [3.63, 3.8) is 0 Å². The molecule has 1 aliphatic rings. The van der Waals surface area contributed by atoms with E-state index in [0.717, 1.165) is 19.4 Å². The molecular weight excluding hydrogens is 255 g/mol. The molecule has 0 unspecified atom stereocenters. The largest absolute Gasteiger partial charge is 0.315 e. The third kappa shape index (κ3) is 3.07. The molecule has 0 bridgehead atoms. The fourth-order valence-electron chi connectivity index (χ4n) is 2.06. The van der Waals surface area contributed by atoms with Crippen molar-refractivity contribution in [1.29, 1.82) is 0 Å². The van der Waals surface area contributed by atoms with Gasteiger partial charge in [0.2, 0.25) is 10.0 Å². The van der Waals surface area contributed by atoms with Crippen molar-refractivity contribution >= 4 is 10.0 Å². The van der Waals surface area contributed by atoms with Crippen LogP contribution in [0.5, 0.6) is 0 Å². The van der Waals surface area contributed by atoms with Crippen LogP contribution in [0.3, 0.4) is 0 Å². The van der Waals surface area contributed by atoms with Crippen molar-refractivity contribution in [2.75, 3.05) is 13.1 Å². The molecule has 0 amide bonds. The minimum atomic E-state index is -3.77. The number of halogens is 1. The molecule has 1 aromatic carbocycles. The summed E-state index contributed by atoms with van der Waals surface area (Å²) in [6.45, 7) is 3.21. The van der Waals surface area contributed by atoms with Crippen molar-refractivity contribution in [3.05, 3.63) is 29.6 Å². The van der Waals surface area contributed by atoms with Crippen molar-refractivity contribution in [1.82, 2.24) is 10.0 Å². The van der Waals surface area contributed by atoms with E-state index < -0.39 is 15.8 Å². The predicted molar refractivity (Wildman–Crippen MR) is 67.4 cm³/mol. The summed E-state index contributed by atoms with van der Waals surface area (Å²) in [7, 11) is -3.77. The van der Waals surface area contributed by atoms with Gasteiger partial charge in [-0.05, 0) is 44.0 Å². The first-order valence-electron chi connectivity index (χ1n) is 5.98. The summed E-state index contributed by atoms with van der Waals surface area (Å²) in [5.74, 6) is -0.703. The molecular formula is C12H17FN2O2S. The van der Waals surface area contributed by atoms with Crippen molar-refractivity contribution in [2.45, 2.75) is 30.7 Å². The second-order valence-corrected chi connectivity index (χ2v) is 6.28. The van der Waals surface area contributed by atoms with Crippen LogP contribution in [0.1, 0.15) is 18.4 Å². The summed E-state index contributed by atoms with van der Waals surface area (Å²) in [5, 5.41) is 3.11. The number of hydrogen-bond acceptors (Lipinski definition) is 3. The van der Waals surface area contributed by atoms with E-state index in [4.69, 9.17) is 0 Å². The van der Waals surface area contributed by atoms with Crippen molar-refractivity contribution < 1.29 is 12.8 Å². The Morgan fingerprint density at radius 2 is 2.22 bits per heavy atom. The first kappa shape index (κ1) is 13.5. The summed E-state index contributed by atoms with van der Waals surface area (Å²) >= 11 is 0. The first-order valence-corrected chi connectivity index (χ1v) is 7.46. The number of nitrogens with one attached hydrogen (secondary N) is 2. The summed E-state index contributed by atoms with van der Waals surface area (Å²) in [6, 6.07) is 3.97. The van der Waals surface area contributed by atoms with Gasteiger partial charge < -0.3 is 5.32 Å². The summed E-state index contributed by atoms with van der Waals surface area (Å²) < 4.78 is 40.3. The Bertz CT molecular complexity index is 525. The second-order valence-electron chi connectivity index (χ2n) is 4.60. The van der Waals surface area contributed by atoms with E-state index in [1.165, 1.54) is 12.1 Å². The average molecular weight is 272 g/mol. The smallest absolute Gasteiger partial charge is 0.243 e. The van der Waals surface area contributed by atoms with Gasteiger partial charge in [-0.15, -0.1) is 0 Å². The Kier molecular flexibility index (Phi) is 3.99. The molecule has 1 saturated heterocycles. The van der Waals surface area contributed by atoms with Gasteiger partial charge in [0, 0.05) is 12.6 Å². The molecule has 1 fully saturated rings. The van der Waals surface area contributed by atoms with Crippen LogP contribution in [0.2, 0.25) is 0 Å². The average Bonchev–Trinajstić information content (AvgIpc) is 2.29. The molecule has 0 aliphatic carbocycles. The molecule has 0 saturated carbocycles. The lowest BCUT2D eigenvalue weighted by Crippen LogP contribution is -2.45. The minimum Gasteiger partial charge on any atom is -0.315 e. The zero-order chi connectivity index (χ0) is 13.2. The van der Waals surface area contributed by atoms with Crippen molar-refractivity contribution in [3.8, 4) is 0 Å². The standard InChI is InChI=1S/C12H17FN2O2S/c1-9-4-5-12(11(13)7-9)18(16,17)15-10-3-2-6-14-8-10/h4-5,7,10,14-15H,2-3,6,8H2,1H3/t10-/m1/s1. The molecule has 1 heterocycles. The molecule has 18 heavy (non-hydrogen) atoms. The van der Waals surface area contributed by atoms with Gasteiger partial charge in [0.05, 0.1) is 0 Å². The van der Waals surface area contributed by atoms with Gasteiger partial charge in [0.15, 0.2) is 0 Å². The number of aryl methyl sites for hydroxylation is 1. The number of piperidine rings is 1. The number of sulfonamides is 1. The Hall–Kier alpha value is -0.980. The van der Waals surface area contributed by atoms with Gasteiger partial charge >= 0.3 is 0 Å². The monoisotopic (exact) mass is 272 g/mol. The normalized spacial score (nSPS) is 20.9. The van der Waals surface area contributed by atoms with Gasteiger partial charge in [0.1, 0.15) is 10.7 Å². The fourth-order valence-corrected chi connectivity index (χ4v) is 3.39. The minimum absolute atomic E-state index is 0.163. The lowest BCUT2D eigenvalue weighted by atomic mass is 10.1. The third-order valence-corrected chi connectivity index (χ3v) is 4.55. The molecule has 4 nitrogen and oxygen atoms in total. The molecule has 100 valence electrons. The van der Waals surface area contributed by atoms with Crippen LogP contribution in [0.4, 0.5) is 4.39 Å². The highest BCUT2D eigenvalue weighted by atomic mass is 32.2. The van der Waals surface area contributed by atoms with E-state index in [-0.39, 0.29) is 10.9 Å².